The molecule has 2 aromatic rings. The van der Waals surface area contributed by atoms with E-state index in [9.17, 15) is 9.18 Å². The van der Waals surface area contributed by atoms with Crippen LogP contribution in [0.1, 0.15) is 24.0 Å². The summed E-state index contributed by atoms with van der Waals surface area (Å²) >= 11 is 5.89. The van der Waals surface area contributed by atoms with Crippen molar-refractivity contribution in [1.82, 2.24) is 5.32 Å². The van der Waals surface area contributed by atoms with Crippen LogP contribution in [0.3, 0.4) is 0 Å². The van der Waals surface area contributed by atoms with Crippen molar-refractivity contribution in [2.24, 2.45) is 0 Å². The van der Waals surface area contributed by atoms with Crippen LogP contribution in [0.4, 0.5) is 4.39 Å². The summed E-state index contributed by atoms with van der Waals surface area (Å²) in [5.41, 5.74) is 1.53. The minimum atomic E-state index is -0.440. The van der Waals surface area contributed by atoms with Crippen LogP contribution in [0.25, 0.3) is 6.08 Å². The molecule has 0 radical (unpaired) electrons. The van der Waals surface area contributed by atoms with Crippen molar-refractivity contribution in [2.75, 3.05) is 6.54 Å². The maximum Gasteiger partial charge on any atom is 0.244 e. The second kappa shape index (κ2) is 9.11. The Morgan fingerprint density at radius 3 is 2.61 bits per heavy atom. The standard InChI is InChI=1S/C19H19ClFNO/c20-17-10-6-11-18(21)16(17)12-13-19(23)22-14-5-4-9-15-7-2-1-3-8-15/h1-3,6-8,10-13H,4-5,9,14H2,(H,22,23)/b13-12+. The molecule has 0 spiro atoms. The van der Waals surface area contributed by atoms with Crippen molar-refractivity contribution in [3.63, 3.8) is 0 Å². The third kappa shape index (κ3) is 5.87. The van der Waals surface area contributed by atoms with Crippen molar-refractivity contribution >= 4 is 23.6 Å². The van der Waals surface area contributed by atoms with Crippen molar-refractivity contribution in [3.05, 3.63) is 76.6 Å². The molecule has 2 nitrogen and oxygen atoms in total. The lowest BCUT2D eigenvalue weighted by Crippen LogP contribution is -2.22. The number of halogens is 2. The van der Waals surface area contributed by atoms with E-state index >= 15 is 0 Å². The van der Waals surface area contributed by atoms with Crippen molar-refractivity contribution in [2.45, 2.75) is 19.3 Å². The molecule has 120 valence electrons. The van der Waals surface area contributed by atoms with Gasteiger partial charge in [-0.3, -0.25) is 4.79 Å². The molecule has 1 N–H and O–H groups in total. The molecule has 0 saturated heterocycles. The predicted octanol–water partition coefficient (Wildman–Crippen LogP) is 4.63. The number of carbonyl (C=O) groups is 1. The topological polar surface area (TPSA) is 29.1 Å². The lowest BCUT2D eigenvalue weighted by Gasteiger charge is -2.03. The SMILES string of the molecule is O=C(/C=C/c1c(F)cccc1Cl)NCCCCc1ccccc1. The predicted molar refractivity (Wildman–Crippen MR) is 92.8 cm³/mol. The summed E-state index contributed by atoms with van der Waals surface area (Å²) < 4.78 is 13.5. The zero-order valence-electron chi connectivity index (χ0n) is 12.8. The summed E-state index contributed by atoms with van der Waals surface area (Å²) in [4.78, 5) is 11.7. The van der Waals surface area contributed by atoms with E-state index in [1.807, 2.05) is 18.2 Å². The second-order valence-electron chi connectivity index (χ2n) is 5.20. The summed E-state index contributed by atoms with van der Waals surface area (Å²) in [5.74, 6) is -0.687. The van der Waals surface area contributed by atoms with Crippen LogP contribution in [0.2, 0.25) is 5.02 Å². The molecular formula is C19H19ClFNO. The lowest BCUT2D eigenvalue weighted by atomic mass is 10.1. The van der Waals surface area contributed by atoms with E-state index in [1.165, 1.54) is 29.8 Å². The van der Waals surface area contributed by atoms with Crippen LogP contribution in [-0.2, 0) is 11.2 Å². The maximum atomic E-state index is 13.5. The quantitative estimate of drug-likeness (QED) is 0.581. The molecule has 2 rings (SSSR count). The first-order valence-corrected chi connectivity index (χ1v) is 7.98. The molecule has 0 aromatic heterocycles. The summed E-state index contributed by atoms with van der Waals surface area (Å²) in [6.45, 7) is 0.598. The van der Waals surface area contributed by atoms with E-state index in [-0.39, 0.29) is 16.5 Å². The van der Waals surface area contributed by atoms with Gasteiger partial charge in [-0.2, -0.15) is 0 Å². The number of aryl methyl sites for hydroxylation is 1. The number of rotatable bonds is 7. The molecule has 0 aliphatic carbocycles. The van der Waals surface area contributed by atoms with Gasteiger partial charge in [-0.25, -0.2) is 4.39 Å². The van der Waals surface area contributed by atoms with Gasteiger partial charge in [0.25, 0.3) is 0 Å². The van der Waals surface area contributed by atoms with Gasteiger partial charge in [-0.1, -0.05) is 48.0 Å². The molecule has 0 fully saturated rings. The van der Waals surface area contributed by atoms with E-state index in [2.05, 4.69) is 17.4 Å². The average molecular weight is 332 g/mol. The molecule has 23 heavy (non-hydrogen) atoms. The number of hydrogen-bond acceptors (Lipinski definition) is 1. The van der Waals surface area contributed by atoms with Gasteiger partial charge in [0, 0.05) is 18.2 Å². The Hall–Kier alpha value is -2.13. The number of unbranched alkanes of at least 4 members (excludes halogenated alkanes) is 1. The maximum absolute atomic E-state index is 13.5. The smallest absolute Gasteiger partial charge is 0.244 e. The van der Waals surface area contributed by atoms with Gasteiger partial charge in [0.15, 0.2) is 0 Å². The van der Waals surface area contributed by atoms with Crippen LogP contribution in [0.5, 0.6) is 0 Å². The number of amides is 1. The highest BCUT2D eigenvalue weighted by Gasteiger charge is 2.03. The first kappa shape index (κ1) is 17.2. The van der Waals surface area contributed by atoms with Crippen molar-refractivity contribution in [1.29, 1.82) is 0 Å². The van der Waals surface area contributed by atoms with Gasteiger partial charge in [0.1, 0.15) is 5.82 Å². The summed E-state index contributed by atoms with van der Waals surface area (Å²) in [6.07, 6.45) is 5.61. The van der Waals surface area contributed by atoms with Crippen LogP contribution < -0.4 is 5.32 Å². The Balaban J connectivity index is 1.70. The fraction of sp³-hybridized carbons (Fsp3) is 0.211. The Morgan fingerprint density at radius 2 is 1.87 bits per heavy atom. The molecule has 0 saturated carbocycles. The molecule has 0 aliphatic rings. The van der Waals surface area contributed by atoms with Crippen LogP contribution in [0.15, 0.2) is 54.6 Å². The van der Waals surface area contributed by atoms with Crippen molar-refractivity contribution in [3.8, 4) is 0 Å². The van der Waals surface area contributed by atoms with Gasteiger partial charge in [0.2, 0.25) is 5.91 Å². The number of nitrogens with one attached hydrogen (secondary N) is 1. The third-order valence-electron chi connectivity index (χ3n) is 3.44. The molecule has 0 bridgehead atoms. The highest BCUT2D eigenvalue weighted by Crippen LogP contribution is 2.20. The fourth-order valence-corrected chi connectivity index (χ4v) is 2.42. The van der Waals surface area contributed by atoms with Crippen molar-refractivity contribution < 1.29 is 9.18 Å². The monoisotopic (exact) mass is 331 g/mol. The van der Waals surface area contributed by atoms with E-state index < -0.39 is 5.82 Å². The Labute approximate surface area is 141 Å². The van der Waals surface area contributed by atoms with Gasteiger partial charge in [-0.15, -0.1) is 0 Å². The molecule has 1 amide bonds. The zero-order valence-corrected chi connectivity index (χ0v) is 13.5. The molecule has 0 unspecified atom stereocenters. The van der Waals surface area contributed by atoms with Crippen LogP contribution in [-0.4, -0.2) is 12.5 Å². The fourth-order valence-electron chi connectivity index (χ4n) is 2.20. The summed E-state index contributed by atoms with van der Waals surface area (Å²) in [7, 11) is 0. The van der Waals surface area contributed by atoms with Crippen LogP contribution in [0, 0.1) is 5.82 Å². The lowest BCUT2D eigenvalue weighted by molar-refractivity contribution is -0.116. The molecule has 0 heterocycles. The van der Waals surface area contributed by atoms with E-state index in [0.29, 0.717) is 6.54 Å². The van der Waals surface area contributed by atoms with Gasteiger partial charge in [0.05, 0.1) is 5.02 Å². The highest BCUT2D eigenvalue weighted by molar-refractivity contribution is 6.32. The normalized spacial score (nSPS) is 10.9. The first-order valence-electron chi connectivity index (χ1n) is 7.60. The van der Waals surface area contributed by atoms with E-state index in [0.717, 1.165) is 19.3 Å². The molecule has 0 atom stereocenters. The van der Waals surface area contributed by atoms with Gasteiger partial charge >= 0.3 is 0 Å². The highest BCUT2D eigenvalue weighted by atomic mass is 35.5. The van der Waals surface area contributed by atoms with Gasteiger partial charge in [-0.05, 0) is 43.0 Å². The largest absolute Gasteiger partial charge is 0.353 e. The molecular weight excluding hydrogens is 313 g/mol. The minimum Gasteiger partial charge on any atom is -0.353 e. The number of hydrogen-bond donors (Lipinski definition) is 1. The van der Waals surface area contributed by atoms with E-state index in [4.69, 9.17) is 11.6 Å². The van der Waals surface area contributed by atoms with Crippen LogP contribution >= 0.6 is 11.6 Å². The van der Waals surface area contributed by atoms with E-state index in [1.54, 1.807) is 6.07 Å². The minimum absolute atomic E-state index is 0.230. The summed E-state index contributed by atoms with van der Waals surface area (Å²) in [6, 6.07) is 14.7. The average Bonchev–Trinajstić information content (AvgIpc) is 2.55. The molecule has 0 aliphatic heterocycles. The first-order chi connectivity index (χ1) is 11.2. The number of carbonyl (C=O) groups excluding carboxylic acids is 1. The Bertz CT molecular complexity index is 650. The Morgan fingerprint density at radius 1 is 1.09 bits per heavy atom. The summed E-state index contributed by atoms with van der Waals surface area (Å²) in [5, 5.41) is 3.08. The Kier molecular flexibility index (Phi) is 6.82. The molecule has 2 aromatic carbocycles. The second-order valence-corrected chi connectivity index (χ2v) is 5.61. The number of benzene rings is 2. The zero-order chi connectivity index (χ0) is 16.5. The van der Waals surface area contributed by atoms with Gasteiger partial charge < -0.3 is 5.32 Å². The molecule has 4 heteroatoms. The third-order valence-corrected chi connectivity index (χ3v) is 3.76.